The number of hydrogen-bond donors (Lipinski definition) is 1. The minimum absolute atomic E-state index is 0.0230. The molecule has 0 aliphatic heterocycles. The van der Waals surface area contributed by atoms with E-state index in [0.717, 1.165) is 25.7 Å². The van der Waals surface area contributed by atoms with Crippen molar-refractivity contribution in [3.8, 4) is 0 Å². The SMILES string of the molecule is C[C@@H](C(=O)NC1CCCCC1)N(Cc1ccccc1F)C(=O)Cc1ccccc1Cl. The molecular weight excluding hydrogens is 403 g/mol. The molecule has 1 atom stereocenters. The van der Waals surface area contributed by atoms with Crippen molar-refractivity contribution in [2.24, 2.45) is 0 Å². The van der Waals surface area contributed by atoms with Gasteiger partial charge in [-0.05, 0) is 37.5 Å². The van der Waals surface area contributed by atoms with Crippen LogP contribution in [0.1, 0.15) is 50.2 Å². The zero-order valence-electron chi connectivity index (χ0n) is 17.2. The molecule has 2 aromatic rings. The van der Waals surface area contributed by atoms with Crippen LogP contribution >= 0.6 is 11.6 Å². The van der Waals surface area contributed by atoms with Crippen molar-refractivity contribution < 1.29 is 14.0 Å². The largest absolute Gasteiger partial charge is 0.352 e. The number of carbonyl (C=O) groups excluding carboxylic acids is 2. The lowest BCUT2D eigenvalue weighted by atomic mass is 9.95. The van der Waals surface area contributed by atoms with Gasteiger partial charge in [0.25, 0.3) is 0 Å². The molecule has 2 amide bonds. The molecule has 3 rings (SSSR count). The van der Waals surface area contributed by atoms with Gasteiger partial charge in [-0.25, -0.2) is 4.39 Å². The van der Waals surface area contributed by atoms with E-state index in [1.807, 2.05) is 6.07 Å². The minimum Gasteiger partial charge on any atom is -0.352 e. The summed E-state index contributed by atoms with van der Waals surface area (Å²) in [5.41, 5.74) is 1.06. The molecule has 1 fully saturated rings. The molecule has 4 nitrogen and oxygen atoms in total. The predicted molar refractivity (Wildman–Crippen MR) is 117 cm³/mol. The Balaban J connectivity index is 1.78. The van der Waals surface area contributed by atoms with Crippen molar-refractivity contribution >= 4 is 23.4 Å². The van der Waals surface area contributed by atoms with Gasteiger partial charge in [0.2, 0.25) is 11.8 Å². The highest BCUT2D eigenvalue weighted by atomic mass is 35.5. The van der Waals surface area contributed by atoms with Gasteiger partial charge in [0.1, 0.15) is 11.9 Å². The Morgan fingerprint density at radius 2 is 1.70 bits per heavy atom. The van der Waals surface area contributed by atoms with E-state index in [1.54, 1.807) is 43.3 Å². The number of amides is 2. The highest BCUT2D eigenvalue weighted by Gasteiger charge is 2.29. The fraction of sp³-hybridized carbons (Fsp3) is 0.417. The summed E-state index contributed by atoms with van der Waals surface area (Å²) in [6.45, 7) is 1.72. The quantitative estimate of drug-likeness (QED) is 0.680. The van der Waals surface area contributed by atoms with E-state index < -0.39 is 11.9 Å². The Hall–Kier alpha value is -2.40. The average Bonchev–Trinajstić information content (AvgIpc) is 2.75. The Bertz CT molecular complexity index is 883. The number of halogens is 2. The summed E-state index contributed by atoms with van der Waals surface area (Å²) >= 11 is 6.22. The third-order valence-corrected chi connectivity index (χ3v) is 6.09. The summed E-state index contributed by atoms with van der Waals surface area (Å²) in [4.78, 5) is 27.6. The lowest BCUT2D eigenvalue weighted by Crippen LogP contribution is -2.50. The molecule has 0 radical (unpaired) electrons. The number of carbonyl (C=O) groups is 2. The summed E-state index contributed by atoms with van der Waals surface area (Å²) in [5, 5.41) is 3.57. The molecule has 1 aliphatic carbocycles. The number of rotatable bonds is 7. The fourth-order valence-electron chi connectivity index (χ4n) is 3.87. The van der Waals surface area contributed by atoms with Crippen LogP contribution in [0, 0.1) is 5.82 Å². The first-order chi connectivity index (χ1) is 14.5. The lowest BCUT2D eigenvalue weighted by Gasteiger charge is -2.31. The summed E-state index contributed by atoms with van der Waals surface area (Å²) in [6, 6.07) is 12.9. The highest BCUT2D eigenvalue weighted by molar-refractivity contribution is 6.31. The Labute approximate surface area is 182 Å². The van der Waals surface area contributed by atoms with Crippen LogP contribution in [0.4, 0.5) is 4.39 Å². The predicted octanol–water partition coefficient (Wildman–Crippen LogP) is 4.89. The normalized spacial score (nSPS) is 15.4. The number of nitrogens with zero attached hydrogens (tertiary/aromatic N) is 1. The Morgan fingerprint density at radius 1 is 1.07 bits per heavy atom. The highest BCUT2D eigenvalue weighted by Crippen LogP contribution is 2.21. The molecule has 30 heavy (non-hydrogen) atoms. The van der Waals surface area contributed by atoms with E-state index in [0.29, 0.717) is 16.1 Å². The fourth-order valence-corrected chi connectivity index (χ4v) is 4.07. The lowest BCUT2D eigenvalue weighted by molar-refractivity contribution is -0.140. The summed E-state index contributed by atoms with van der Waals surface area (Å²) in [7, 11) is 0. The monoisotopic (exact) mass is 430 g/mol. The smallest absolute Gasteiger partial charge is 0.242 e. The van der Waals surface area contributed by atoms with Crippen LogP contribution in [0.2, 0.25) is 5.02 Å². The van der Waals surface area contributed by atoms with Gasteiger partial charge < -0.3 is 10.2 Å². The van der Waals surface area contributed by atoms with Crippen LogP contribution in [0.15, 0.2) is 48.5 Å². The molecule has 2 aromatic carbocycles. The first kappa shape index (κ1) is 22.3. The van der Waals surface area contributed by atoms with E-state index >= 15 is 0 Å². The van der Waals surface area contributed by atoms with Crippen LogP contribution in [0.5, 0.6) is 0 Å². The second-order valence-corrected chi connectivity index (χ2v) is 8.31. The Morgan fingerprint density at radius 3 is 2.37 bits per heavy atom. The molecule has 0 aromatic heterocycles. The number of nitrogens with one attached hydrogen (secondary N) is 1. The summed E-state index contributed by atoms with van der Waals surface area (Å²) < 4.78 is 14.3. The zero-order valence-corrected chi connectivity index (χ0v) is 18.0. The van der Waals surface area contributed by atoms with Gasteiger partial charge in [0, 0.05) is 23.2 Å². The average molecular weight is 431 g/mol. The molecular formula is C24H28ClFN2O2. The van der Waals surface area contributed by atoms with E-state index in [9.17, 15) is 14.0 Å². The Kier molecular flexibility index (Phi) is 7.86. The third-order valence-electron chi connectivity index (χ3n) is 5.72. The first-order valence-electron chi connectivity index (χ1n) is 10.5. The van der Waals surface area contributed by atoms with Crippen molar-refractivity contribution in [2.45, 2.75) is 64.1 Å². The second kappa shape index (κ2) is 10.6. The maximum Gasteiger partial charge on any atom is 0.242 e. The van der Waals surface area contributed by atoms with Gasteiger partial charge >= 0.3 is 0 Å². The van der Waals surface area contributed by atoms with Crippen LogP contribution < -0.4 is 5.32 Å². The van der Waals surface area contributed by atoms with E-state index in [1.165, 1.54) is 17.4 Å². The third kappa shape index (κ3) is 5.82. The van der Waals surface area contributed by atoms with Crippen molar-refractivity contribution in [3.05, 3.63) is 70.5 Å². The van der Waals surface area contributed by atoms with Crippen LogP contribution in [-0.2, 0) is 22.6 Å². The first-order valence-corrected chi connectivity index (χ1v) is 10.9. The maximum atomic E-state index is 14.3. The molecule has 1 saturated carbocycles. The van der Waals surface area contributed by atoms with Crippen molar-refractivity contribution in [1.82, 2.24) is 10.2 Å². The molecule has 1 N–H and O–H groups in total. The molecule has 0 saturated heterocycles. The van der Waals surface area contributed by atoms with Gasteiger partial charge in [-0.2, -0.15) is 0 Å². The number of benzene rings is 2. The van der Waals surface area contributed by atoms with Gasteiger partial charge in [-0.3, -0.25) is 9.59 Å². The van der Waals surface area contributed by atoms with Crippen molar-refractivity contribution in [1.29, 1.82) is 0 Å². The second-order valence-electron chi connectivity index (χ2n) is 7.90. The molecule has 0 heterocycles. The molecule has 0 bridgehead atoms. The van der Waals surface area contributed by atoms with Gasteiger partial charge in [0.05, 0.1) is 6.42 Å². The molecule has 0 unspecified atom stereocenters. The van der Waals surface area contributed by atoms with Gasteiger partial charge in [-0.15, -0.1) is 0 Å². The molecule has 6 heteroatoms. The summed E-state index contributed by atoms with van der Waals surface area (Å²) in [6.07, 6.45) is 5.36. The van der Waals surface area contributed by atoms with Crippen molar-refractivity contribution in [2.75, 3.05) is 0 Å². The maximum absolute atomic E-state index is 14.3. The van der Waals surface area contributed by atoms with Gasteiger partial charge in [-0.1, -0.05) is 67.3 Å². The molecule has 1 aliphatic rings. The van der Waals surface area contributed by atoms with Crippen LogP contribution in [0.3, 0.4) is 0 Å². The number of hydrogen-bond acceptors (Lipinski definition) is 2. The van der Waals surface area contributed by atoms with E-state index in [-0.39, 0.29) is 30.8 Å². The van der Waals surface area contributed by atoms with Crippen LogP contribution in [0.25, 0.3) is 0 Å². The van der Waals surface area contributed by atoms with E-state index in [2.05, 4.69) is 5.32 Å². The topological polar surface area (TPSA) is 49.4 Å². The molecule has 0 spiro atoms. The summed E-state index contributed by atoms with van der Waals surface area (Å²) in [5.74, 6) is -0.865. The van der Waals surface area contributed by atoms with E-state index in [4.69, 9.17) is 11.6 Å². The minimum atomic E-state index is -0.721. The van der Waals surface area contributed by atoms with Gasteiger partial charge in [0.15, 0.2) is 0 Å². The molecule has 160 valence electrons. The zero-order chi connectivity index (χ0) is 21.5. The standard InChI is InChI=1S/C24H28ClFN2O2/c1-17(24(30)27-20-11-3-2-4-12-20)28(16-19-10-6-8-14-22(19)26)23(29)15-18-9-5-7-13-21(18)25/h5-10,13-14,17,20H,2-4,11-12,15-16H2,1H3,(H,27,30)/t17-/m0/s1. The van der Waals surface area contributed by atoms with Crippen LogP contribution in [-0.4, -0.2) is 28.8 Å². The van der Waals surface area contributed by atoms with Crippen molar-refractivity contribution in [3.63, 3.8) is 0 Å².